The number of allylic oxidation sites excluding steroid dienone is 1. The number of ketones is 2. The molecule has 1 aliphatic carbocycles. The molecule has 0 atom stereocenters. The Kier molecular flexibility index (Phi) is 4.83. The lowest BCUT2D eigenvalue weighted by atomic mass is 10.0. The first kappa shape index (κ1) is 22.3. The van der Waals surface area contributed by atoms with Gasteiger partial charge in [0.05, 0.1) is 20.8 Å². The molecule has 8 rings (SSSR count). The smallest absolute Gasteiger partial charge is 0.197 e. The van der Waals surface area contributed by atoms with Crippen LogP contribution in [0.4, 0.5) is 0 Å². The number of fused-ring (bicyclic) bond motifs is 4. The van der Waals surface area contributed by atoms with Crippen molar-refractivity contribution in [1.29, 1.82) is 0 Å². The van der Waals surface area contributed by atoms with Gasteiger partial charge in [-0.3, -0.25) is 14.2 Å². The molecule has 3 heterocycles. The lowest BCUT2D eigenvalue weighted by Gasteiger charge is -2.07. The first-order valence-electron chi connectivity index (χ1n) is 12.5. The summed E-state index contributed by atoms with van der Waals surface area (Å²) >= 11 is 3.36. The van der Waals surface area contributed by atoms with Crippen LogP contribution in [0.1, 0.15) is 26.4 Å². The van der Waals surface area contributed by atoms with Crippen LogP contribution in [0.5, 0.6) is 0 Å². The Morgan fingerprint density at radius 1 is 0.641 bits per heavy atom. The summed E-state index contributed by atoms with van der Waals surface area (Å²) in [6, 6.07) is 34.0. The number of thiophene rings is 1. The summed E-state index contributed by atoms with van der Waals surface area (Å²) < 4.78 is 4.27. The molecule has 0 radical (unpaired) electrons. The third-order valence-electron chi connectivity index (χ3n) is 7.19. The van der Waals surface area contributed by atoms with E-state index in [9.17, 15) is 9.59 Å². The van der Waals surface area contributed by atoms with E-state index in [2.05, 4.69) is 24.3 Å². The van der Waals surface area contributed by atoms with Gasteiger partial charge < -0.3 is 0 Å². The van der Waals surface area contributed by atoms with E-state index in [4.69, 9.17) is 4.98 Å². The molecule has 0 saturated carbocycles. The number of nitrogens with zero attached hydrogens (tertiary/aromatic N) is 2. The fourth-order valence-corrected chi connectivity index (χ4v) is 7.44. The van der Waals surface area contributed by atoms with Crippen molar-refractivity contribution in [2.75, 3.05) is 0 Å². The fraction of sp³-hybridized carbons (Fsp3) is 0. The highest BCUT2D eigenvalue weighted by Crippen LogP contribution is 2.40. The van der Waals surface area contributed by atoms with E-state index in [0.717, 1.165) is 42.4 Å². The maximum Gasteiger partial charge on any atom is 0.197 e. The van der Waals surface area contributed by atoms with Crippen molar-refractivity contribution < 1.29 is 9.59 Å². The maximum atomic E-state index is 13.5. The molecule has 0 amide bonds. The Balaban J connectivity index is 1.29. The van der Waals surface area contributed by atoms with Gasteiger partial charge in [0.25, 0.3) is 0 Å². The molecule has 39 heavy (non-hydrogen) atoms. The van der Waals surface area contributed by atoms with Crippen molar-refractivity contribution in [3.05, 3.63) is 126 Å². The molecule has 0 N–H and O–H groups in total. The van der Waals surface area contributed by atoms with Gasteiger partial charge in [-0.2, -0.15) is 0 Å². The Bertz CT molecular complexity index is 2070. The molecule has 0 spiro atoms. The van der Waals surface area contributed by atoms with Gasteiger partial charge in [-0.1, -0.05) is 60.7 Å². The van der Waals surface area contributed by atoms with Crippen LogP contribution in [0.2, 0.25) is 0 Å². The van der Waals surface area contributed by atoms with Crippen LogP contribution in [0, 0.1) is 0 Å². The van der Waals surface area contributed by atoms with E-state index in [-0.39, 0.29) is 17.1 Å². The minimum atomic E-state index is -0.233. The highest BCUT2D eigenvalue weighted by Gasteiger charge is 2.34. The molecule has 4 nitrogen and oxygen atoms in total. The quantitative estimate of drug-likeness (QED) is 0.167. The summed E-state index contributed by atoms with van der Waals surface area (Å²) in [5.41, 5.74) is 3.61. The Labute approximate surface area is 231 Å². The first-order chi connectivity index (χ1) is 19.1. The third-order valence-corrected chi connectivity index (χ3v) is 9.47. The highest BCUT2D eigenvalue weighted by atomic mass is 32.1. The van der Waals surface area contributed by atoms with Crippen LogP contribution in [0.25, 0.3) is 52.9 Å². The molecule has 0 unspecified atom stereocenters. The second-order valence-corrected chi connectivity index (χ2v) is 11.7. The van der Waals surface area contributed by atoms with Crippen LogP contribution >= 0.6 is 22.7 Å². The lowest BCUT2D eigenvalue weighted by Crippen LogP contribution is -2.03. The minimum Gasteiger partial charge on any atom is -0.294 e. The summed E-state index contributed by atoms with van der Waals surface area (Å²) in [4.78, 5) is 33.1. The van der Waals surface area contributed by atoms with E-state index in [0.29, 0.717) is 11.1 Å². The number of para-hydroxylation sites is 1. The molecule has 0 bridgehead atoms. The monoisotopic (exact) mass is 538 g/mol. The van der Waals surface area contributed by atoms with Gasteiger partial charge in [-0.05, 0) is 64.7 Å². The molecule has 0 aliphatic heterocycles. The molecular weight excluding hydrogens is 521 g/mol. The van der Waals surface area contributed by atoms with Gasteiger partial charge in [0.2, 0.25) is 0 Å². The first-order valence-corrected chi connectivity index (χ1v) is 14.2. The molecule has 0 fully saturated rings. The topological polar surface area (TPSA) is 52.0 Å². The van der Waals surface area contributed by atoms with Crippen molar-refractivity contribution in [3.8, 4) is 15.6 Å². The summed E-state index contributed by atoms with van der Waals surface area (Å²) in [6.07, 6.45) is 1.73. The zero-order chi connectivity index (χ0) is 26.1. The van der Waals surface area contributed by atoms with Crippen LogP contribution in [0.3, 0.4) is 0 Å². The van der Waals surface area contributed by atoms with Crippen LogP contribution < -0.4 is 0 Å². The molecular formula is C33H18N2O2S2. The van der Waals surface area contributed by atoms with Crippen molar-refractivity contribution >= 4 is 71.5 Å². The Morgan fingerprint density at radius 3 is 1.97 bits per heavy atom. The van der Waals surface area contributed by atoms with E-state index in [1.165, 1.54) is 10.1 Å². The van der Waals surface area contributed by atoms with Gasteiger partial charge >= 0.3 is 0 Å². The lowest BCUT2D eigenvalue weighted by molar-refractivity contribution is 0.0990. The molecule has 6 heteroatoms. The average Bonchev–Trinajstić information content (AvgIpc) is 3.71. The predicted octanol–water partition coefficient (Wildman–Crippen LogP) is 8.58. The van der Waals surface area contributed by atoms with Crippen LogP contribution in [-0.4, -0.2) is 21.1 Å². The van der Waals surface area contributed by atoms with Gasteiger partial charge in [-0.15, -0.1) is 22.7 Å². The minimum absolute atomic E-state index is 0.187. The van der Waals surface area contributed by atoms with Crippen molar-refractivity contribution in [2.24, 2.45) is 0 Å². The summed E-state index contributed by atoms with van der Waals surface area (Å²) in [5, 5.41) is 4.06. The van der Waals surface area contributed by atoms with Gasteiger partial charge in [0, 0.05) is 21.5 Å². The molecule has 184 valence electrons. The summed E-state index contributed by atoms with van der Waals surface area (Å²) in [6.45, 7) is 0. The molecule has 3 aromatic heterocycles. The predicted molar refractivity (Wildman–Crippen MR) is 160 cm³/mol. The van der Waals surface area contributed by atoms with Crippen LogP contribution in [-0.2, 0) is 0 Å². The third kappa shape index (κ3) is 3.46. The average molecular weight is 539 g/mol. The Morgan fingerprint density at radius 2 is 1.28 bits per heavy atom. The van der Waals surface area contributed by atoms with Crippen molar-refractivity contribution in [1.82, 2.24) is 9.55 Å². The van der Waals surface area contributed by atoms with Crippen molar-refractivity contribution in [2.45, 2.75) is 0 Å². The summed E-state index contributed by atoms with van der Waals surface area (Å²) in [5.74, 6) is -0.465. The highest BCUT2D eigenvalue weighted by molar-refractivity contribution is 7.28. The van der Waals surface area contributed by atoms with E-state index < -0.39 is 0 Å². The number of hydrogen-bond donors (Lipinski definition) is 0. The second kappa shape index (κ2) is 8.43. The maximum absolute atomic E-state index is 13.5. The molecule has 1 aliphatic rings. The number of carbonyl (C=O) groups is 2. The van der Waals surface area contributed by atoms with Gasteiger partial charge in [0.1, 0.15) is 5.01 Å². The standard InChI is InChI=1S/C33H18N2O2S2/c36-30-24-14-19-8-4-5-9-20(19)15-25(24)31(37)26(30)17-23-18-28-32(35(23)22-11-2-1-3-12-22)34-33(39-28)29-16-21-10-6-7-13-27(21)38-29/h1-18H. The van der Waals surface area contributed by atoms with Gasteiger partial charge in [0.15, 0.2) is 17.2 Å². The Hall–Kier alpha value is -4.65. The molecule has 7 aromatic rings. The number of Topliss-reactive ketones (excluding diaryl/α,β-unsaturated/α-hetero) is 2. The van der Waals surface area contributed by atoms with Crippen molar-refractivity contribution in [3.63, 3.8) is 0 Å². The molecule has 4 aromatic carbocycles. The number of benzene rings is 4. The van der Waals surface area contributed by atoms with E-state index in [1.807, 2.05) is 83.4 Å². The number of carbonyl (C=O) groups excluding carboxylic acids is 2. The summed E-state index contributed by atoms with van der Waals surface area (Å²) in [7, 11) is 0. The zero-order valence-electron chi connectivity index (χ0n) is 20.4. The SMILES string of the molecule is O=C1C(=Cc2cc3sc(-c4cc5ccccc5s4)nc3n2-c2ccccc2)C(=O)c2cc3ccccc3cc21. The fourth-order valence-electron chi connectivity index (χ4n) is 5.33. The second-order valence-electron chi connectivity index (χ2n) is 9.56. The number of hydrogen-bond acceptors (Lipinski definition) is 5. The number of rotatable bonds is 3. The van der Waals surface area contributed by atoms with Crippen LogP contribution in [0.15, 0.2) is 109 Å². The largest absolute Gasteiger partial charge is 0.294 e. The van der Waals surface area contributed by atoms with Gasteiger partial charge in [-0.25, -0.2) is 4.98 Å². The molecule has 0 saturated heterocycles. The number of aromatic nitrogens is 2. The zero-order valence-corrected chi connectivity index (χ0v) is 22.1. The number of thiazole rings is 1. The normalized spacial score (nSPS) is 13.2. The van der Waals surface area contributed by atoms with E-state index >= 15 is 0 Å². The van der Waals surface area contributed by atoms with E-state index in [1.54, 1.807) is 28.7 Å².